The minimum Gasteiger partial charge on any atom is -0.508 e. The molecule has 0 saturated carbocycles. The van der Waals surface area contributed by atoms with Crippen molar-refractivity contribution in [3.05, 3.63) is 72.3 Å². The molecule has 9 heteroatoms. The van der Waals surface area contributed by atoms with E-state index in [0.29, 0.717) is 0 Å². The molecule has 37 heavy (non-hydrogen) atoms. The van der Waals surface area contributed by atoms with Gasteiger partial charge in [0.1, 0.15) is 0 Å². The molecule has 4 heterocycles. The number of rotatable bonds is 0. The maximum Gasteiger partial charge on any atom is 4.00 e. The number of allylic oxidation sites excluding steroid dienone is 8. The van der Waals surface area contributed by atoms with E-state index in [2.05, 4.69) is 178 Å². The van der Waals surface area contributed by atoms with Crippen LogP contribution in [0.1, 0.15) is 55.4 Å². The molecule has 0 aromatic heterocycles. The molecule has 0 bridgehead atoms. The first-order chi connectivity index (χ1) is 16.5. The summed E-state index contributed by atoms with van der Waals surface area (Å²) in [6.07, 6.45) is 0. The van der Waals surface area contributed by atoms with E-state index < -0.39 is 0 Å². The van der Waals surface area contributed by atoms with Crippen LogP contribution in [-0.2, 0) is 21.1 Å². The zero-order valence-electron chi connectivity index (χ0n) is 26.3. The van der Waals surface area contributed by atoms with E-state index in [1.54, 1.807) is 0 Å². The van der Waals surface area contributed by atoms with Crippen LogP contribution in [0, 0.1) is 26.7 Å². The Balaban J connectivity index is 0.000000463. The van der Waals surface area contributed by atoms with Gasteiger partial charge in [0.15, 0.2) is 0 Å². The summed E-state index contributed by atoms with van der Waals surface area (Å²) in [6.45, 7) is 25.3. The van der Waals surface area contributed by atoms with Crippen LogP contribution < -0.4 is 0 Å². The van der Waals surface area contributed by atoms with Gasteiger partial charge in [0.25, 0.3) is 0 Å². The molecule has 0 amide bonds. The minimum atomic E-state index is 0. The maximum atomic E-state index is 2.12. The summed E-state index contributed by atoms with van der Waals surface area (Å²) in [5, 5.41) is 0. The first kappa shape index (κ1) is 35.0. The van der Waals surface area contributed by atoms with Crippen LogP contribution in [0.3, 0.4) is 0 Å². The van der Waals surface area contributed by atoms with Gasteiger partial charge >= 0.3 is 21.1 Å². The molecule has 4 rings (SSSR count). The summed E-state index contributed by atoms with van der Waals surface area (Å²) >= 11 is 0. The number of nitrogens with zero attached hydrogens (tertiary/aromatic N) is 8. The third-order valence-corrected chi connectivity index (χ3v) is 7.71. The summed E-state index contributed by atoms with van der Waals surface area (Å²) in [7, 11) is 16.5. The van der Waals surface area contributed by atoms with E-state index in [1.165, 1.54) is 45.6 Å². The number of hydrogen-bond acceptors (Lipinski definition) is 8. The van der Waals surface area contributed by atoms with Gasteiger partial charge in [-0.2, -0.15) is 26.7 Å². The van der Waals surface area contributed by atoms with Crippen molar-refractivity contribution in [2.45, 2.75) is 55.4 Å². The molecule has 0 N–H and O–H groups in total. The largest absolute Gasteiger partial charge is 4.00 e. The second-order valence-electron chi connectivity index (χ2n) is 10.0. The molecular formula is C28H52MoN8. The van der Waals surface area contributed by atoms with Crippen LogP contribution in [0.5, 0.6) is 0 Å². The molecule has 0 radical (unpaired) electrons. The molecule has 0 unspecified atom stereocenters. The molecule has 0 aliphatic carbocycles. The van der Waals surface area contributed by atoms with E-state index in [4.69, 9.17) is 0 Å². The molecule has 210 valence electrons. The fourth-order valence-electron chi connectivity index (χ4n) is 3.77. The summed E-state index contributed by atoms with van der Waals surface area (Å²) in [5.41, 5.74) is 10.6. The van der Waals surface area contributed by atoms with Gasteiger partial charge in [-0.3, -0.25) is 0 Å². The van der Waals surface area contributed by atoms with Crippen molar-refractivity contribution < 1.29 is 21.1 Å². The standard InChI is InChI=1S/4C7H13N2.Mo/c4*1-6-7(2)9(4)5-8(6)3;/h4*5H,1-4H3;/q4*-1;+4. The summed E-state index contributed by atoms with van der Waals surface area (Å²) in [6, 6.07) is 0. The van der Waals surface area contributed by atoms with Gasteiger partial charge in [0.05, 0.1) is 0 Å². The molecule has 0 spiro atoms. The molecule has 4 aliphatic rings. The van der Waals surface area contributed by atoms with Crippen LogP contribution in [0.25, 0.3) is 0 Å². The van der Waals surface area contributed by atoms with E-state index >= 15 is 0 Å². The predicted octanol–water partition coefficient (Wildman–Crippen LogP) is 4.93. The van der Waals surface area contributed by atoms with Crippen LogP contribution in [0.15, 0.2) is 45.6 Å². The molecule has 4 aliphatic heterocycles. The van der Waals surface area contributed by atoms with Crippen molar-refractivity contribution in [3.63, 3.8) is 0 Å². The van der Waals surface area contributed by atoms with Gasteiger partial charge in [-0.1, -0.05) is 0 Å². The van der Waals surface area contributed by atoms with Crippen molar-refractivity contribution in [1.29, 1.82) is 0 Å². The average molecular weight is 597 g/mol. The zero-order valence-corrected chi connectivity index (χ0v) is 28.3. The van der Waals surface area contributed by atoms with Gasteiger partial charge in [0.2, 0.25) is 0 Å². The Kier molecular flexibility index (Phi) is 14.1. The fraction of sp³-hybridized carbons (Fsp3) is 0.571. The normalized spacial score (nSPS) is 19.5. The smallest absolute Gasteiger partial charge is 0.508 e. The molecule has 0 atom stereocenters. The Morgan fingerprint density at radius 1 is 0.270 bits per heavy atom. The third-order valence-electron chi connectivity index (χ3n) is 7.71. The van der Waals surface area contributed by atoms with Gasteiger partial charge in [-0.05, 0) is 157 Å². The van der Waals surface area contributed by atoms with Crippen molar-refractivity contribution in [2.75, 3.05) is 56.4 Å². The number of hydrogen-bond donors (Lipinski definition) is 0. The topological polar surface area (TPSA) is 25.9 Å². The van der Waals surface area contributed by atoms with Crippen LogP contribution >= 0.6 is 0 Å². The average Bonchev–Trinajstić information content (AvgIpc) is 3.37. The summed E-state index contributed by atoms with van der Waals surface area (Å²) < 4.78 is 0. The molecule has 8 nitrogen and oxygen atoms in total. The Morgan fingerprint density at radius 3 is 0.378 bits per heavy atom. The molecule has 0 aromatic carbocycles. The van der Waals surface area contributed by atoms with Crippen LogP contribution in [0.2, 0.25) is 0 Å². The van der Waals surface area contributed by atoms with E-state index in [9.17, 15) is 0 Å². The minimum absolute atomic E-state index is 0. The zero-order chi connectivity index (χ0) is 28.1. The summed E-state index contributed by atoms with van der Waals surface area (Å²) in [4.78, 5) is 17.0. The quantitative estimate of drug-likeness (QED) is 0.287. The first-order valence-corrected chi connectivity index (χ1v) is 12.4. The van der Waals surface area contributed by atoms with Crippen molar-refractivity contribution in [2.24, 2.45) is 0 Å². The Bertz CT molecular complexity index is 683. The monoisotopic (exact) mass is 598 g/mol. The summed E-state index contributed by atoms with van der Waals surface area (Å²) in [5.74, 6) is 0. The van der Waals surface area contributed by atoms with Crippen molar-refractivity contribution >= 4 is 0 Å². The third kappa shape index (κ3) is 9.08. The SMILES string of the molecule is CC1=C(C)N(C)[CH-]N1C.CC1=C(C)N(C)[CH-]N1C.CC1=C(C)N(C)[CH-]N1C.CC1=C(C)N(C)[CH-]N1C.[Mo+4]. The van der Waals surface area contributed by atoms with Gasteiger partial charge in [0, 0.05) is 0 Å². The van der Waals surface area contributed by atoms with Crippen molar-refractivity contribution in [3.8, 4) is 0 Å². The van der Waals surface area contributed by atoms with Crippen molar-refractivity contribution in [1.82, 2.24) is 39.2 Å². The van der Waals surface area contributed by atoms with Gasteiger partial charge in [-0.15, -0.1) is 0 Å². The van der Waals surface area contributed by atoms with E-state index in [-0.39, 0.29) is 21.1 Å². The Morgan fingerprint density at radius 2 is 0.351 bits per heavy atom. The van der Waals surface area contributed by atoms with E-state index in [1.807, 2.05) is 0 Å². The van der Waals surface area contributed by atoms with Crippen LogP contribution in [0.4, 0.5) is 0 Å². The molecule has 0 aromatic rings. The Hall–Kier alpha value is -1.95. The van der Waals surface area contributed by atoms with Gasteiger partial charge < -0.3 is 39.2 Å². The molecule has 0 saturated heterocycles. The first-order valence-electron chi connectivity index (χ1n) is 12.4. The second kappa shape index (κ2) is 14.8. The second-order valence-corrected chi connectivity index (χ2v) is 10.0. The maximum absolute atomic E-state index is 2.12. The molecule has 0 fully saturated rings. The predicted molar refractivity (Wildman–Crippen MR) is 153 cm³/mol. The van der Waals surface area contributed by atoms with Crippen LogP contribution in [-0.4, -0.2) is 95.6 Å². The van der Waals surface area contributed by atoms with Gasteiger partial charge in [-0.25, -0.2) is 0 Å². The molecular weight excluding hydrogens is 544 g/mol. The fourth-order valence-corrected chi connectivity index (χ4v) is 3.77. The Labute approximate surface area is 243 Å². The van der Waals surface area contributed by atoms with E-state index in [0.717, 1.165) is 0 Å².